The lowest BCUT2D eigenvalue weighted by Crippen LogP contribution is -2.38. The summed E-state index contributed by atoms with van der Waals surface area (Å²) in [5, 5.41) is 0. The van der Waals surface area contributed by atoms with E-state index in [0.717, 1.165) is 73.1 Å². The monoisotopic (exact) mass is 686 g/mol. The zero-order valence-corrected chi connectivity index (χ0v) is 31.7. The summed E-state index contributed by atoms with van der Waals surface area (Å²) < 4.78 is 12.7. The number of hydrogen-bond acceptors (Lipinski definition) is 5. The van der Waals surface area contributed by atoms with E-state index in [1.54, 1.807) is 0 Å². The number of rotatable bonds is 12. The van der Waals surface area contributed by atoms with Crippen LogP contribution < -0.4 is 4.74 Å². The minimum absolute atomic E-state index is 0.160. The lowest BCUT2D eigenvalue weighted by Gasteiger charge is -2.36. The Labute approximate surface area is 307 Å². The smallest absolute Gasteiger partial charge is 0.334 e. The first-order valence-electron chi connectivity index (χ1n) is 19.2. The molecule has 1 saturated carbocycles. The van der Waals surface area contributed by atoms with Crippen molar-refractivity contribution in [3.8, 4) is 5.88 Å². The predicted octanol–water partition coefficient (Wildman–Crippen LogP) is 10.6. The number of pyridine rings is 1. The van der Waals surface area contributed by atoms with Crippen molar-refractivity contribution in [3.05, 3.63) is 142 Å². The van der Waals surface area contributed by atoms with Gasteiger partial charge in [-0.2, -0.15) is 0 Å². The van der Waals surface area contributed by atoms with Crippen LogP contribution in [0.1, 0.15) is 111 Å². The molecule has 1 saturated heterocycles. The average Bonchev–Trinajstić information content (AvgIpc) is 3.67. The van der Waals surface area contributed by atoms with Crippen LogP contribution in [0.25, 0.3) is 0 Å². The average molecular weight is 687 g/mol. The van der Waals surface area contributed by atoms with Crippen molar-refractivity contribution in [2.45, 2.75) is 98.0 Å². The van der Waals surface area contributed by atoms with Crippen LogP contribution in [0, 0.1) is 19.8 Å². The fraction of sp³-hybridized carbons (Fsp3) is 0.435. The third-order valence-corrected chi connectivity index (χ3v) is 10.6. The summed E-state index contributed by atoms with van der Waals surface area (Å²) in [4.78, 5) is 21.4. The second-order valence-corrected chi connectivity index (χ2v) is 14.2. The highest BCUT2D eigenvalue weighted by Gasteiger charge is 2.34. The molecule has 51 heavy (non-hydrogen) atoms. The quantitative estimate of drug-likeness (QED) is 0.110. The van der Waals surface area contributed by atoms with Gasteiger partial charge in [0.1, 0.15) is 12.7 Å². The van der Waals surface area contributed by atoms with E-state index in [9.17, 15) is 4.79 Å². The molecular weight excluding hydrogens is 629 g/mol. The topological polar surface area (TPSA) is 51.7 Å². The van der Waals surface area contributed by atoms with Crippen LogP contribution in [0.4, 0.5) is 0 Å². The van der Waals surface area contributed by atoms with Crippen molar-refractivity contribution in [2.24, 2.45) is 5.92 Å². The fourth-order valence-electron chi connectivity index (χ4n) is 8.04. The van der Waals surface area contributed by atoms with Gasteiger partial charge in [-0.25, -0.2) is 9.78 Å². The van der Waals surface area contributed by atoms with E-state index in [1.165, 1.54) is 24.0 Å². The molecule has 2 heterocycles. The molecule has 270 valence electrons. The second-order valence-electron chi connectivity index (χ2n) is 14.2. The SMILES string of the molecule is CC.CC(C)=C(C(=O)OCCN1CCC(C(c2ccccc2)c2ccccc2)CC1)C(c1ccccc1C)c1c(C)ccnc1OC1CCCC1. The minimum atomic E-state index is -0.340. The first kappa shape index (κ1) is 38.0. The summed E-state index contributed by atoms with van der Waals surface area (Å²) in [6.45, 7) is 15.3. The summed E-state index contributed by atoms with van der Waals surface area (Å²) >= 11 is 0. The molecule has 1 aliphatic carbocycles. The third kappa shape index (κ3) is 9.56. The second kappa shape index (κ2) is 18.9. The number of piperidine rings is 1. The summed E-state index contributed by atoms with van der Waals surface area (Å²) in [6, 6.07) is 32.2. The molecule has 6 rings (SSSR count). The number of benzene rings is 3. The Kier molecular flexibility index (Phi) is 14.1. The van der Waals surface area contributed by atoms with Crippen LogP contribution in [0.15, 0.2) is 108 Å². The van der Waals surface area contributed by atoms with E-state index in [2.05, 4.69) is 97.6 Å². The van der Waals surface area contributed by atoms with Crippen molar-refractivity contribution in [1.29, 1.82) is 0 Å². The normalized spacial score (nSPS) is 15.9. The summed E-state index contributed by atoms with van der Waals surface area (Å²) in [7, 11) is 0. The minimum Gasteiger partial charge on any atom is -0.474 e. The molecule has 4 aromatic rings. The number of carbonyl (C=O) groups excluding carboxylic acids is 1. The van der Waals surface area contributed by atoms with Crippen LogP contribution in [0.3, 0.4) is 0 Å². The maximum absolute atomic E-state index is 14.2. The molecule has 2 aliphatic rings. The van der Waals surface area contributed by atoms with Crippen LogP contribution in [-0.2, 0) is 9.53 Å². The molecule has 1 aromatic heterocycles. The zero-order valence-electron chi connectivity index (χ0n) is 31.7. The number of aromatic nitrogens is 1. The van der Waals surface area contributed by atoms with Gasteiger partial charge in [0.05, 0.1) is 0 Å². The number of nitrogens with zero attached hydrogens (tertiary/aromatic N) is 2. The fourth-order valence-corrected chi connectivity index (χ4v) is 8.04. The van der Waals surface area contributed by atoms with Crippen molar-refractivity contribution >= 4 is 5.97 Å². The van der Waals surface area contributed by atoms with Gasteiger partial charge in [0.25, 0.3) is 0 Å². The van der Waals surface area contributed by atoms with Gasteiger partial charge >= 0.3 is 5.97 Å². The van der Waals surface area contributed by atoms with E-state index >= 15 is 0 Å². The third-order valence-electron chi connectivity index (χ3n) is 10.6. The molecular formula is C46H58N2O3. The highest BCUT2D eigenvalue weighted by molar-refractivity contribution is 5.92. The molecule has 3 aromatic carbocycles. The van der Waals surface area contributed by atoms with Crippen molar-refractivity contribution in [2.75, 3.05) is 26.2 Å². The largest absolute Gasteiger partial charge is 0.474 e. The highest BCUT2D eigenvalue weighted by atomic mass is 16.5. The number of aryl methyl sites for hydroxylation is 2. The number of carbonyl (C=O) groups is 1. The molecule has 5 nitrogen and oxygen atoms in total. The van der Waals surface area contributed by atoms with Crippen LogP contribution in [-0.4, -0.2) is 48.2 Å². The van der Waals surface area contributed by atoms with Gasteiger partial charge in [-0.15, -0.1) is 0 Å². The Balaban J connectivity index is 0.00000248. The van der Waals surface area contributed by atoms with Crippen molar-refractivity contribution in [3.63, 3.8) is 0 Å². The van der Waals surface area contributed by atoms with Gasteiger partial charge in [-0.3, -0.25) is 4.90 Å². The molecule has 0 amide bonds. The summed E-state index contributed by atoms with van der Waals surface area (Å²) in [5.41, 5.74) is 8.63. The molecule has 5 heteroatoms. The molecule has 1 unspecified atom stereocenters. The summed E-state index contributed by atoms with van der Waals surface area (Å²) in [5.74, 6) is 0.997. The Morgan fingerprint density at radius 2 is 1.37 bits per heavy atom. The van der Waals surface area contributed by atoms with E-state index in [1.807, 2.05) is 46.0 Å². The van der Waals surface area contributed by atoms with E-state index in [-0.39, 0.29) is 18.0 Å². The van der Waals surface area contributed by atoms with Crippen molar-refractivity contribution in [1.82, 2.24) is 9.88 Å². The van der Waals surface area contributed by atoms with Crippen LogP contribution >= 0.6 is 0 Å². The Morgan fingerprint density at radius 1 is 0.784 bits per heavy atom. The first-order chi connectivity index (χ1) is 24.9. The van der Waals surface area contributed by atoms with Crippen molar-refractivity contribution < 1.29 is 14.3 Å². The standard InChI is InChI=1S/C44H52N2O3.C2H6/c1-31(2)39(42(38-22-14-11-15-32(38)3)40-33(4)23-26-45-43(40)49-37-20-12-13-21-37)44(47)48-30-29-46-27-24-36(25-28-46)41(34-16-7-5-8-17-34)35-18-9-6-10-19-35;1-2/h5-11,14-19,22-23,26,36-37,41-42H,12-13,20-21,24-25,27-30H2,1-4H3;1-2H3. The molecule has 2 fully saturated rings. The van der Waals surface area contributed by atoms with E-state index in [4.69, 9.17) is 14.5 Å². The highest BCUT2D eigenvalue weighted by Crippen LogP contribution is 2.42. The molecule has 0 spiro atoms. The lowest BCUT2D eigenvalue weighted by atomic mass is 9.76. The van der Waals surface area contributed by atoms with Gasteiger partial charge < -0.3 is 9.47 Å². The first-order valence-corrected chi connectivity index (χ1v) is 19.2. The maximum Gasteiger partial charge on any atom is 0.334 e. The van der Waals surface area contributed by atoms with Crippen LogP contribution in [0.2, 0.25) is 0 Å². The number of allylic oxidation sites excluding steroid dienone is 1. The molecule has 0 bridgehead atoms. The Hall–Kier alpha value is -4.22. The Morgan fingerprint density at radius 3 is 1.96 bits per heavy atom. The van der Waals surface area contributed by atoms with Gasteiger partial charge in [-0.05, 0) is 119 Å². The predicted molar refractivity (Wildman–Crippen MR) is 209 cm³/mol. The molecule has 0 N–H and O–H groups in total. The number of ether oxygens (including phenoxy) is 2. The van der Waals surface area contributed by atoms with Gasteiger partial charge in [0.2, 0.25) is 5.88 Å². The molecule has 1 aliphatic heterocycles. The van der Waals surface area contributed by atoms with Gasteiger partial charge in [0, 0.05) is 35.7 Å². The number of esters is 1. The van der Waals surface area contributed by atoms with E-state index < -0.39 is 0 Å². The number of likely N-dealkylation sites (tertiary alicyclic amines) is 1. The Bertz CT molecular complexity index is 1660. The molecule has 0 radical (unpaired) electrons. The lowest BCUT2D eigenvalue weighted by molar-refractivity contribution is -0.139. The number of hydrogen-bond donors (Lipinski definition) is 0. The maximum atomic E-state index is 14.2. The van der Waals surface area contributed by atoms with Gasteiger partial charge in [-0.1, -0.05) is 104 Å². The summed E-state index contributed by atoms with van der Waals surface area (Å²) in [6.07, 6.45) is 8.64. The zero-order chi connectivity index (χ0) is 36.2. The van der Waals surface area contributed by atoms with Gasteiger partial charge in [0.15, 0.2) is 0 Å². The molecule has 1 atom stereocenters. The van der Waals surface area contributed by atoms with E-state index in [0.29, 0.717) is 29.9 Å². The van der Waals surface area contributed by atoms with Crippen LogP contribution in [0.5, 0.6) is 5.88 Å².